The van der Waals surface area contributed by atoms with Crippen molar-refractivity contribution < 1.29 is 14.3 Å². The van der Waals surface area contributed by atoms with Gasteiger partial charge in [0.15, 0.2) is 0 Å². The molecular formula is C26H27FN2O2. The van der Waals surface area contributed by atoms with E-state index in [4.69, 9.17) is 0 Å². The van der Waals surface area contributed by atoms with Gasteiger partial charge in [-0.1, -0.05) is 24.7 Å². The van der Waals surface area contributed by atoms with Crippen molar-refractivity contribution in [3.8, 4) is 11.8 Å². The van der Waals surface area contributed by atoms with Crippen LogP contribution in [0.5, 0.6) is 0 Å². The molecule has 5 heteroatoms. The van der Waals surface area contributed by atoms with Crippen LogP contribution in [0.25, 0.3) is 0 Å². The third-order valence-electron chi connectivity index (χ3n) is 7.05. The molecule has 4 nitrogen and oxygen atoms in total. The number of aliphatic hydroxyl groups is 1. The Bertz CT molecular complexity index is 1030. The van der Waals surface area contributed by atoms with Gasteiger partial charge in [0.1, 0.15) is 5.82 Å². The molecule has 160 valence electrons. The van der Waals surface area contributed by atoms with E-state index in [0.29, 0.717) is 0 Å². The maximum Gasteiger partial charge on any atom is 0.226 e. The van der Waals surface area contributed by atoms with E-state index in [1.54, 1.807) is 12.1 Å². The summed E-state index contributed by atoms with van der Waals surface area (Å²) in [7, 11) is 0. The van der Waals surface area contributed by atoms with E-state index in [2.05, 4.69) is 28.1 Å². The highest BCUT2D eigenvalue weighted by atomic mass is 19.1. The number of benzene rings is 2. The fraction of sp³-hybridized carbons (Fsp3) is 0.423. The molecule has 3 aliphatic rings. The highest BCUT2D eigenvalue weighted by Gasteiger charge is 2.46. The zero-order valence-electron chi connectivity index (χ0n) is 17.5. The molecule has 1 saturated carbocycles. The van der Waals surface area contributed by atoms with Crippen LogP contribution in [0, 0.1) is 29.5 Å². The van der Waals surface area contributed by atoms with E-state index in [1.807, 2.05) is 12.1 Å². The van der Waals surface area contributed by atoms with Crippen LogP contribution >= 0.6 is 0 Å². The lowest BCUT2D eigenvalue weighted by Crippen LogP contribution is -2.44. The molecule has 1 aliphatic carbocycles. The Kier molecular flexibility index (Phi) is 5.41. The maximum absolute atomic E-state index is 13.3. The average molecular weight is 419 g/mol. The zero-order valence-corrected chi connectivity index (χ0v) is 17.5. The molecule has 2 N–H and O–H groups in total. The first-order chi connectivity index (χ1) is 15.1. The van der Waals surface area contributed by atoms with Crippen molar-refractivity contribution in [3.05, 3.63) is 65.0 Å². The van der Waals surface area contributed by atoms with Crippen LogP contribution in [0.4, 0.5) is 10.1 Å². The van der Waals surface area contributed by atoms with Crippen LogP contribution in [-0.2, 0) is 4.79 Å². The Balaban J connectivity index is 1.48. The van der Waals surface area contributed by atoms with Crippen LogP contribution in [0.2, 0.25) is 0 Å². The summed E-state index contributed by atoms with van der Waals surface area (Å²) in [5.41, 5.74) is 3.68. The molecule has 0 aromatic heterocycles. The van der Waals surface area contributed by atoms with E-state index in [0.717, 1.165) is 61.0 Å². The number of hydrogen-bond acceptors (Lipinski definition) is 3. The van der Waals surface area contributed by atoms with Crippen molar-refractivity contribution in [2.24, 2.45) is 11.8 Å². The van der Waals surface area contributed by atoms with E-state index in [-0.39, 0.29) is 42.3 Å². The third-order valence-corrected chi connectivity index (χ3v) is 7.05. The number of amides is 1. The Morgan fingerprint density at radius 1 is 1.06 bits per heavy atom. The molecule has 0 unspecified atom stereocenters. The van der Waals surface area contributed by atoms with Gasteiger partial charge in [-0.05, 0) is 67.3 Å². The summed E-state index contributed by atoms with van der Waals surface area (Å²) in [6.07, 6.45) is 5.15. The third kappa shape index (κ3) is 3.81. The quantitative estimate of drug-likeness (QED) is 0.723. The van der Waals surface area contributed by atoms with Crippen molar-refractivity contribution in [3.63, 3.8) is 0 Å². The van der Waals surface area contributed by atoms with Crippen molar-refractivity contribution in [2.75, 3.05) is 18.5 Å². The smallest absolute Gasteiger partial charge is 0.226 e. The normalized spacial score (nSPS) is 24.7. The topological polar surface area (TPSA) is 52.6 Å². The first-order valence-corrected chi connectivity index (χ1v) is 11.2. The number of hydrogen-bond donors (Lipinski definition) is 2. The second-order valence-electron chi connectivity index (χ2n) is 8.90. The fourth-order valence-corrected chi connectivity index (χ4v) is 5.47. The summed E-state index contributed by atoms with van der Waals surface area (Å²) >= 11 is 0. The molecule has 31 heavy (non-hydrogen) atoms. The first-order valence-electron chi connectivity index (χ1n) is 11.2. The average Bonchev–Trinajstić information content (AvgIpc) is 3.48. The summed E-state index contributed by atoms with van der Waals surface area (Å²) < 4.78 is 13.1. The molecule has 2 fully saturated rings. The molecule has 2 aromatic rings. The molecule has 1 saturated heterocycles. The van der Waals surface area contributed by atoms with Crippen molar-refractivity contribution in [1.82, 2.24) is 4.90 Å². The number of halogens is 1. The lowest BCUT2D eigenvalue weighted by atomic mass is 9.82. The number of likely N-dealkylation sites (tertiary alicyclic amines) is 1. The maximum atomic E-state index is 13.3. The van der Waals surface area contributed by atoms with Crippen LogP contribution in [0.1, 0.15) is 54.8 Å². The SMILES string of the molecule is O=C(C1CCCC1)N1CC[C@@H]2[C@H](CO)Nc3ccc(C#Cc4ccc(F)cc4)cc3[C@@H]21. The largest absolute Gasteiger partial charge is 0.394 e. The summed E-state index contributed by atoms with van der Waals surface area (Å²) in [6.45, 7) is 0.798. The second-order valence-corrected chi connectivity index (χ2v) is 8.90. The minimum atomic E-state index is -0.275. The van der Waals surface area contributed by atoms with E-state index >= 15 is 0 Å². The van der Waals surface area contributed by atoms with Gasteiger partial charge in [-0.3, -0.25) is 4.79 Å². The number of carbonyl (C=O) groups is 1. The van der Waals surface area contributed by atoms with Crippen LogP contribution in [0.3, 0.4) is 0 Å². The number of aliphatic hydroxyl groups excluding tert-OH is 1. The van der Waals surface area contributed by atoms with Gasteiger partial charge >= 0.3 is 0 Å². The Hall–Kier alpha value is -2.84. The van der Waals surface area contributed by atoms with Gasteiger partial charge in [-0.25, -0.2) is 4.39 Å². The van der Waals surface area contributed by atoms with Crippen molar-refractivity contribution in [1.29, 1.82) is 0 Å². The molecule has 0 spiro atoms. The summed E-state index contributed by atoms with van der Waals surface area (Å²) in [6, 6.07) is 12.1. The van der Waals surface area contributed by atoms with Crippen LogP contribution in [-0.4, -0.2) is 35.1 Å². The number of fused-ring (bicyclic) bond motifs is 3. The van der Waals surface area contributed by atoms with Gasteiger partial charge in [0.05, 0.1) is 18.7 Å². The predicted octanol–water partition coefficient (Wildman–Crippen LogP) is 4.09. The van der Waals surface area contributed by atoms with Gasteiger partial charge in [0.25, 0.3) is 0 Å². The molecule has 5 rings (SSSR count). The molecule has 2 heterocycles. The van der Waals surface area contributed by atoms with E-state index in [1.165, 1.54) is 12.1 Å². The van der Waals surface area contributed by atoms with Gasteiger partial charge in [0, 0.05) is 35.2 Å². The molecule has 2 aromatic carbocycles. The van der Waals surface area contributed by atoms with Gasteiger partial charge < -0.3 is 15.3 Å². The van der Waals surface area contributed by atoms with Crippen molar-refractivity contribution in [2.45, 2.75) is 44.2 Å². The second kappa shape index (κ2) is 8.36. The first kappa shape index (κ1) is 20.1. The van der Waals surface area contributed by atoms with Crippen molar-refractivity contribution >= 4 is 11.6 Å². The minimum Gasteiger partial charge on any atom is -0.394 e. The summed E-state index contributed by atoms with van der Waals surface area (Å²) in [4.78, 5) is 15.4. The predicted molar refractivity (Wildman–Crippen MR) is 118 cm³/mol. The molecular weight excluding hydrogens is 391 g/mol. The Morgan fingerprint density at radius 3 is 2.52 bits per heavy atom. The minimum absolute atomic E-state index is 0.0194. The molecule has 0 bridgehead atoms. The lowest BCUT2D eigenvalue weighted by Gasteiger charge is -2.39. The van der Waals surface area contributed by atoms with Gasteiger partial charge in [-0.15, -0.1) is 0 Å². The number of carbonyl (C=O) groups excluding carboxylic acids is 1. The lowest BCUT2D eigenvalue weighted by molar-refractivity contribution is -0.136. The standard InChI is InChI=1S/C26H27FN2O2/c27-20-10-7-17(8-11-20)5-6-18-9-12-23-22(15-18)25-21(24(16-30)28-23)13-14-29(25)26(31)19-3-1-2-4-19/h7-12,15,19,21,24-25,28,30H,1-4,13-14,16H2/t21-,24+,25-/m1/s1. The van der Waals surface area contributed by atoms with Gasteiger partial charge in [0.2, 0.25) is 5.91 Å². The number of nitrogens with one attached hydrogen (secondary N) is 1. The molecule has 0 radical (unpaired) electrons. The number of anilines is 1. The monoisotopic (exact) mass is 418 g/mol. The zero-order chi connectivity index (χ0) is 21.4. The highest BCUT2D eigenvalue weighted by Crippen LogP contribution is 2.47. The van der Waals surface area contributed by atoms with E-state index in [9.17, 15) is 14.3 Å². The Labute approximate surface area is 182 Å². The summed E-state index contributed by atoms with van der Waals surface area (Å²) in [5, 5.41) is 13.4. The highest BCUT2D eigenvalue weighted by molar-refractivity contribution is 5.80. The fourth-order valence-electron chi connectivity index (χ4n) is 5.47. The number of nitrogens with zero attached hydrogens (tertiary/aromatic N) is 1. The Morgan fingerprint density at radius 2 is 1.77 bits per heavy atom. The summed E-state index contributed by atoms with van der Waals surface area (Å²) in [5.74, 6) is 6.62. The van der Waals surface area contributed by atoms with Gasteiger partial charge in [-0.2, -0.15) is 0 Å². The number of rotatable bonds is 2. The molecule has 2 aliphatic heterocycles. The molecule has 1 amide bonds. The molecule has 3 atom stereocenters. The van der Waals surface area contributed by atoms with E-state index < -0.39 is 0 Å². The van der Waals surface area contributed by atoms with Crippen LogP contribution in [0.15, 0.2) is 42.5 Å². The van der Waals surface area contributed by atoms with Crippen LogP contribution < -0.4 is 5.32 Å².